The maximum atomic E-state index is 13.7. The molecule has 35 heavy (non-hydrogen) atoms. The summed E-state index contributed by atoms with van der Waals surface area (Å²) in [6.45, 7) is 7.82. The van der Waals surface area contributed by atoms with Crippen molar-refractivity contribution in [2.45, 2.75) is 71.6 Å². The summed E-state index contributed by atoms with van der Waals surface area (Å²) >= 11 is 0. The SMILES string of the molecule is CCCCS(=O)(=O)C[C@@H](NC(C)=O)C(=O)N[C@@H](Cc1cc(F)cc(F)c1)[C@H](O)CNCCC(C)C. The Hall–Kier alpha value is -2.11. The lowest BCUT2D eigenvalue weighted by Gasteiger charge is -2.27. The van der Waals surface area contributed by atoms with Gasteiger partial charge in [0.25, 0.3) is 0 Å². The normalized spacial score (nSPS) is 14.4. The van der Waals surface area contributed by atoms with Gasteiger partial charge in [0.2, 0.25) is 11.8 Å². The maximum absolute atomic E-state index is 13.7. The highest BCUT2D eigenvalue weighted by Crippen LogP contribution is 2.12. The highest BCUT2D eigenvalue weighted by molar-refractivity contribution is 7.91. The van der Waals surface area contributed by atoms with E-state index in [0.29, 0.717) is 25.3 Å². The van der Waals surface area contributed by atoms with Gasteiger partial charge in [-0.1, -0.05) is 27.2 Å². The molecule has 4 N–H and O–H groups in total. The number of carbonyl (C=O) groups is 2. The largest absolute Gasteiger partial charge is 0.390 e. The van der Waals surface area contributed by atoms with Crippen molar-refractivity contribution >= 4 is 21.7 Å². The van der Waals surface area contributed by atoms with Gasteiger partial charge in [0, 0.05) is 19.5 Å². The van der Waals surface area contributed by atoms with Crippen LogP contribution in [-0.2, 0) is 25.8 Å². The molecule has 1 aromatic rings. The van der Waals surface area contributed by atoms with Crippen LogP contribution in [0, 0.1) is 17.6 Å². The molecule has 0 unspecified atom stereocenters. The quantitative estimate of drug-likeness (QED) is 0.247. The first-order valence-corrected chi connectivity index (χ1v) is 13.8. The Morgan fingerprint density at radius 3 is 2.26 bits per heavy atom. The van der Waals surface area contributed by atoms with Crippen LogP contribution in [0.15, 0.2) is 18.2 Å². The average molecular weight is 520 g/mol. The number of hydrogen-bond donors (Lipinski definition) is 4. The van der Waals surface area contributed by atoms with Gasteiger partial charge in [-0.25, -0.2) is 17.2 Å². The molecule has 0 aliphatic rings. The maximum Gasteiger partial charge on any atom is 0.243 e. The molecular formula is C24H39F2N3O5S. The second-order valence-corrected chi connectivity index (χ2v) is 11.5. The van der Waals surface area contributed by atoms with Gasteiger partial charge in [0.1, 0.15) is 17.7 Å². The molecule has 0 fully saturated rings. The van der Waals surface area contributed by atoms with Crippen molar-refractivity contribution in [1.82, 2.24) is 16.0 Å². The second-order valence-electron chi connectivity index (χ2n) is 9.27. The van der Waals surface area contributed by atoms with E-state index in [-0.39, 0.29) is 24.3 Å². The van der Waals surface area contributed by atoms with Gasteiger partial charge in [-0.3, -0.25) is 9.59 Å². The lowest BCUT2D eigenvalue weighted by molar-refractivity contribution is -0.128. The fourth-order valence-electron chi connectivity index (χ4n) is 3.46. The summed E-state index contributed by atoms with van der Waals surface area (Å²) in [5, 5.41) is 18.8. The number of amides is 2. The summed E-state index contributed by atoms with van der Waals surface area (Å²) in [5.74, 6) is -3.26. The fourth-order valence-corrected chi connectivity index (χ4v) is 5.10. The van der Waals surface area contributed by atoms with Crippen LogP contribution in [0.4, 0.5) is 8.78 Å². The number of carbonyl (C=O) groups excluding carboxylic acids is 2. The Morgan fingerprint density at radius 1 is 1.09 bits per heavy atom. The Labute approximate surface area is 207 Å². The molecule has 0 aromatic heterocycles. The van der Waals surface area contributed by atoms with E-state index < -0.39 is 57.2 Å². The van der Waals surface area contributed by atoms with Gasteiger partial charge < -0.3 is 21.1 Å². The molecule has 11 heteroatoms. The van der Waals surface area contributed by atoms with Crippen LogP contribution in [0.2, 0.25) is 0 Å². The molecule has 3 atom stereocenters. The predicted molar refractivity (Wildman–Crippen MR) is 131 cm³/mol. The first kappa shape index (κ1) is 30.9. The lowest BCUT2D eigenvalue weighted by Crippen LogP contribution is -2.56. The van der Waals surface area contributed by atoms with Gasteiger partial charge in [0.05, 0.1) is 23.7 Å². The standard InChI is InChI=1S/C24H39F2N3O5S/c1-5-6-9-35(33,34)15-22(28-17(4)30)24(32)29-21(23(31)14-27-8-7-16(2)3)12-18-10-19(25)13-20(26)11-18/h10-11,13,16,21-23,27,31H,5-9,12,14-15H2,1-4H3,(H,28,30)(H,29,32)/t21-,22+,23+/m0/s1. The summed E-state index contributed by atoms with van der Waals surface area (Å²) in [6, 6.07) is 0.546. The molecule has 0 saturated carbocycles. The Balaban J connectivity index is 3.06. The van der Waals surface area contributed by atoms with Crippen LogP contribution >= 0.6 is 0 Å². The number of nitrogens with one attached hydrogen (secondary N) is 3. The Morgan fingerprint density at radius 2 is 1.71 bits per heavy atom. The summed E-state index contributed by atoms with van der Waals surface area (Å²) in [5.41, 5.74) is 0.209. The molecule has 1 aromatic carbocycles. The van der Waals surface area contributed by atoms with Crippen molar-refractivity contribution in [1.29, 1.82) is 0 Å². The van der Waals surface area contributed by atoms with Gasteiger partial charge in [0.15, 0.2) is 9.84 Å². The third-order valence-corrected chi connectivity index (χ3v) is 7.10. The average Bonchev–Trinajstić information content (AvgIpc) is 2.72. The molecule has 0 aliphatic carbocycles. The number of benzene rings is 1. The van der Waals surface area contributed by atoms with Crippen molar-refractivity contribution in [3.63, 3.8) is 0 Å². The van der Waals surface area contributed by atoms with Crippen molar-refractivity contribution in [2.75, 3.05) is 24.6 Å². The van der Waals surface area contributed by atoms with Crippen LogP contribution in [-0.4, -0.2) is 68.1 Å². The molecule has 0 bridgehead atoms. The monoisotopic (exact) mass is 519 g/mol. The molecule has 0 heterocycles. The molecule has 0 aliphatic heterocycles. The predicted octanol–water partition coefficient (Wildman–Crippen LogP) is 1.71. The zero-order valence-corrected chi connectivity index (χ0v) is 21.8. The lowest BCUT2D eigenvalue weighted by atomic mass is 10.00. The third kappa shape index (κ3) is 13.0. The second kappa shape index (κ2) is 15.1. The molecule has 0 spiro atoms. The van der Waals surface area contributed by atoms with Crippen LogP contribution in [0.25, 0.3) is 0 Å². The highest BCUT2D eigenvalue weighted by Gasteiger charge is 2.30. The number of hydrogen-bond acceptors (Lipinski definition) is 6. The van der Waals surface area contributed by atoms with E-state index in [0.717, 1.165) is 24.6 Å². The number of aliphatic hydroxyl groups is 1. The zero-order valence-electron chi connectivity index (χ0n) is 20.9. The number of unbranched alkanes of at least 4 members (excludes halogenated alkanes) is 1. The highest BCUT2D eigenvalue weighted by atomic mass is 32.2. The summed E-state index contributed by atoms with van der Waals surface area (Å²) in [6.07, 6.45) is 0.679. The Kier molecular flexibility index (Phi) is 13.3. The zero-order chi connectivity index (χ0) is 26.6. The molecule has 2 amide bonds. The van der Waals surface area contributed by atoms with E-state index in [9.17, 15) is 31.9 Å². The van der Waals surface area contributed by atoms with Crippen molar-refractivity contribution < 1.29 is 31.9 Å². The molecule has 0 saturated heterocycles. The van der Waals surface area contributed by atoms with Crippen LogP contribution in [0.5, 0.6) is 0 Å². The molecule has 1 rings (SSSR count). The van der Waals surface area contributed by atoms with E-state index >= 15 is 0 Å². The van der Waals surface area contributed by atoms with Crippen molar-refractivity contribution in [2.24, 2.45) is 5.92 Å². The topological polar surface area (TPSA) is 125 Å². The van der Waals surface area contributed by atoms with E-state index in [4.69, 9.17) is 0 Å². The van der Waals surface area contributed by atoms with E-state index in [1.165, 1.54) is 6.92 Å². The minimum atomic E-state index is -3.64. The molecule has 0 radical (unpaired) electrons. The summed E-state index contributed by atoms with van der Waals surface area (Å²) in [7, 11) is -3.64. The number of sulfone groups is 1. The third-order valence-electron chi connectivity index (χ3n) is 5.35. The van der Waals surface area contributed by atoms with Gasteiger partial charge >= 0.3 is 0 Å². The van der Waals surface area contributed by atoms with E-state index in [2.05, 4.69) is 29.8 Å². The first-order chi connectivity index (χ1) is 16.3. The fraction of sp³-hybridized carbons (Fsp3) is 0.667. The van der Waals surface area contributed by atoms with Crippen molar-refractivity contribution in [3.8, 4) is 0 Å². The van der Waals surface area contributed by atoms with E-state index in [1.807, 2.05) is 6.92 Å². The molecule has 200 valence electrons. The van der Waals surface area contributed by atoms with Gasteiger partial charge in [-0.05, 0) is 49.4 Å². The van der Waals surface area contributed by atoms with Gasteiger partial charge in [-0.15, -0.1) is 0 Å². The minimum absolute atomic E-state index is 0.0923. The van der Waals surface area contributed by atoms with E-state index in [1.54, 1.807) is 0 Å². The smallest absolute Gasteiger partial charge is 0.243 e. The molecule has 8 nitrogen and oxygen atoms in total. The van der Waals surface area contributed by atoms with Crippen LogP contribution in [0.1, 0.15) is 52.5 Å². The van der Waals surface area contributed by atoms with Crippen LogP contribution < -0.4 is 16.0 Å². The number of rotatable bonds is 16. The molecular weight excluding hydrogens is 480 g/mol. The van der Waals surface area contributed by atoms with Gasteiger partial charge in [-0.2, -0.15) is 0 Å². The van der Waals surface area contributed by atoms with Crippen molar-refractivity contribution in [3.05, 3.63) is 35.4 Å². The first-order valence-electron chi connectivity index (χ1n) is 11.9. The van der Waals surface area contributed by atoms with Crippen LogP contribution in [0.3, 0.4) is 0 Å². The number of aliphatic hydroxyl groups excluding tert-OH is 1. The number of halogens is 2. The minimum Gasteiger partial charge on any atom is -0.390 e. The summed E-state index contributed by atoms with van der Waals surface area (Å²) in [4.78, 5) is 24.7. The Bertz CT molecular complexity index is 907. The summed E-state index contributed by atoms with van der Waals surface area (Å²) < 4.78 is 52.3.